The highest BCUT2D eigenvalue weighted by Crippen LogP contribution is 2.20. The summed E-state index contributed by atoms with van der Waals surface area (Å²) in [5.41, 5.74) is 2.60. The van der Waals surface area contributed by atoms with E-state index < -0.39 is 10.0 Å². The summed E-state index contributed by atoms with van der Waals surface area (Å²) in [5, 5.41) is 5.35. The molecule has 0 atom stereocenters. The number of hydrogen-bond donors (Lipinski definition) is 2. The third kappa shape index (κ3) is 6.10. The summed E-state index contributed by atoms with van der Waals surface area (Å²) in [6.07, 6.45) is 1.11. The Labute approximate surface area is 159 Å². The summed E-state index contributed by atoms with van der Waals surface area (Å²) >= 11 is 0. The third-order valence-electron chi connectivity index (χ3n) is 3.79. The van der Waals surface area contributed by atoms with Crippen LogP contribution in [-0.4, -0.2) is 39.6 Å². The minimum absolute atomic E-state index is 0.0932. The fraction of sp³-hybridized carbons (Fsp3) is 0.263. The highest BCUT2D eigenvalue weighted by atomic mass is 32.2. The van der Waals surface area contributed by atoms with Gasteiger partial charge >= 0.3 is 0 Å². The van der Waals surface area contributed by atoms with E-state index in [1.54, 1.807) is 36.4 Å². The number of carbonyl (C=O) groups is 2. The first-order chi connectivity index (χ1) is 12.7. The average molecular weight is 389 g/mol. The molecular formula is C19H23N3O4S. The molecule has 0 aromatic heterocycles. The van der Waals surface area contributed by atoms with E-state index in [0.29, 0.717) is 16.9 Å². The number of aryl methyl sites for hydroxylation is 1. The van der Waals surface area contributed by atoms with Gasteiger partial charge in [-0.3, -0.25) is 13.9 Å². The quantitative estimate of drug-likeness (QED) is 0.758. The van der Waals surface area contributed by atoms with Gasteiger partial charge in [0.2, 0.25) is 15.9 Å². The van der Waals surface area contributed by atoms with Crippen molar-refractivity contribution in [3.8, 4) is 0 Å². The average Bonchev–Trinajstić information content (AvgIpc) is 2.58. The zero-order valence-corrected chi connectivity index (χ0v) is 16.3. The van der Waals surface area contributed by atoms with E-state index in [0.717, 1.165) is 11.8 Å². The minimum atomic E-state index is -3.53. The van der Waals surface area contributed by atoms with Gasteiger partial charge < -0.3 is 10.6 Å². The predicted octanol–water partition coefficient (Wildman–Crippen LogP) is 2.15. The highest BCUT2D eigenvalue weighted by Gasteiger charge is 2.17. The summed E-state index contributed by atoms with van der Waals surface area (Å²) in [4.78, 5) is 23.2. The van der Waals surface area contributed by atoms with Gasteiger partial charge in [0.1, 0.15) is 0 Å². The zero-order chi connectivity index (χ0) is 20.0. The molecule has 8 heteroatoms. The molecule has 0 spiro atoms. The van der Waals surface area contributed by atoms with E-state index in [9.17, 15) is 18.0 Å². The molecule has 2 amide bonds. The van der Waals surface area contributed by atoms with Gasteiger partial charge in [0.15, 0.2) is 0 Å². The number of nitrogens with one attached hydrogen (secondary N) is 2. The normalized spacial score (nSPS) is 10.9. The molecular weight excluding hydrogens is 366 g/mol. The molecule has 7 nitrogen and oxygen atoms in total. The van der Waals surface area contributed by atoms with Crippen LogP contribution in [0.2, 0.25) is 0 Å². The second-order valence-corrected chi connectivity index (χ2v) is 8.09. The van der Waals surface area contributed by atoms with Crippen LogP contribution in [0.3, 0.4) is 0 Å². The Morgan fingerprint density at radius 2 is 1.59 bits per heavy atom. The number of amides is 2. The van der Waals surface area contributed by atoms with Crippen LogP contribution in [-0.2, 0) is 14.8 Å². The molecule has 0 aliphatic heterocycles. The number of sulfonamides is 1. The van der Waals surface area contributed by atoms with E-state index >= 15 is 0 Å². The van der Waals surface area contributed by atoms with E-state index in [1.165, 1.54) is 11.2 Å². The Morgan fingerprint density at radius 3 is 2.11 bits per heavy atom. The first kappa shape index (κ1) is 20.4. The molecule has 2 aromatic carbocycles. The smallest absolute Gasteiger partial charge is 0.251 e. The number of hydrogen-bond acceptors (Lipinski definition) is 4. The summed E-state index contributed by atoms with van der Waals surface area (Å²) in [7, 11) is -3.53. The van der Waals surface area contributed by atoms with Crippen LogP contribution in [0.5, 0.6) is 0 Å². The third-order valence-corrected chi connectivity index (χ3v) is 4.98. The van der Waals surface area contributed by atoms with E-state index in [-0.39, 0.29) is 24.9 Å². The topological polar surface area (TPSA) is 95.6 Å². The maximum atomic E-state index is 12.2. The standard InChI is InChI=1S/C19H23N3O4S/c1-14-4-6-16(7-5-14)19(24)20-12-13-22(27(3,25)26)18-10-8-17(9-11-18)21-15(2)23/h4-11H,12-13H2,1-3H3,(H,20,24)(H,21,23). The molecule has 0 unspecified atom stereocenters. The maximum Gasteiger partial charge on any atom is 0.251 e. The number of benzene rings is 2. The van der Waals surface area contributed by atoms with Crippen molar-refractivity contribution >= 4 is 33.2 Å². The van der Waals surface area contributed by atoms with Crippen LogP contribution in [0.15, 0.2) is 48.5 Å². The predicted molar refractivity (Wildman–Crippen MR) is 106 cm³/mol. The molecule has 2 aromatic rings. The van der Waals surface area contributed by atoms with Gasteiger partial charge in [0, 0.05) is 24.7 Å². The van der Waals surface area contributed by atoms with Gasteiger partial charge in [0.05, 0.1) is 18.5 Å². The molecule has 0 bridgehead atoms. The second kappa shape index (κ2) is 8.68. The molecule has 0 heterocycles. The molecule has 2 N–H and O–H groups in total. The van der Waals surface area contributed by atoms with Crippen molar-refractivity contribution in [3.63, 3.8) is 0 Å². The van der Waals surface area contributed by atoms with Crippen molar-refractivity contribution in [2.75, 3.05) is 29.0 Å². The summed E-state index contributed by atoms with van der Waals surface area (Å²) in [5.74, 6) is -0.467. The van der Waals surface area contributed by atoms with Gasteiger partial charge in [-0.05, 0) is 43.3 Å². The molecule has 0 aliphatic carbocycles. The molecule has 0 aliphatic rings. The molecule has 2 rings (SSSR count). The van der Waals surface area contributed by atoms with E-state index in [1.807, 2.05) is 19.1 Å². The molecule has 0 fully saturated rings. The summed E-state index contributed by atoms with van der Waals surface area (Å²) in [6.45, 7) is 3.58. The minimum Gasteiger partial charge on any atom is -0.350 e. The lowest BCUT2D eigenvalue weighted by Crippen LogP contribution is -2.38. The lowest BCUT2D eigenvalue weighted by Gasteiger charge is -2.23. The summed E-state index contributed by atoms with van der Waals surface area (Å²) in [6, 6.07) is 13.6. The van der Waals surface area contributed by atoms with Crippen LogP contribution < -0.4 is 14.9 Å². The van der Waals surface area contributed by atoms with Crippen LogP contribution in [0.1, 0.15) is 22.8 Å². The lowest BCUT2D eigenvalue weighted by atomic mass is 10.1. The summed E-state index contributed by atoms with van der Waals surface area (Å²) < 4.78 is 25.5. The van der Waals surface area contributed by atoms with E-state index in [4.69, 9.17) is 0 Å². The van der Waals surface area contributed by atoms with Crippen molar-refractivity contribution in [2.45, 2.75) is 13.8 Å². The van der Waals surface area contributed by atoms with Crippen molar-refractivity contribution in [1.82, 2.24) is 5.32 Å². The molecule has 0 saturated heterocycles. The van der Waals surface area contributed by atoms with Crippen molar-refractivity contribution in [2.24, 2.45) is 0 Å². The first-order valence-electron chi connectivity index (χ1n) is 8.37. The van der Waals surface area contributed by atoms with Gasteiger partial charge in [-0.2, -0.15) is 0 Å². The lowest BCUT2D eigenvalue weighted by molar-refractivity contribution is -0.114. The second-order valence-electron chi connectivity index (χ2n) is 6.19. The Bertz CT molecular complexity index is 907. The molecule has 0 saturated carbocycles. The number of anilines is 2. The number of rotatable bonds is 7. The van der Waals surface area contributed by atoms with Gasteiger partial charge in [-0.1, -0.05) is 17.7 Å². The van der Waals surface area contributed by atoms with Crippen LogP contribution in [0, 0.1) is 6.92 Å². The number of nitrogens with zero attached hydrogens (tertiary/aromatic N) is 1. The van der Waals surface area contributed by atoms with Gasteiger partial charge in [-0.15, -0.1) is 0 Å². The van der Waals surface area contributed by atoms with Gasteiger partial charge in [0.25, 0.3) is 5.91 Å². The van der Waals surface area contributed by atoms with Crippen molar-refractivity contribution < 1.29 is 18.0 Å². The Kier molecular flexibility index (Phi) is 6.57. The van der Waals surface area contributed by atoms with Crippen LogP contribution in [0.25, 0.3) is 0 Å². The SMILES string of the molecule is CC(=O)Nc1ccc(N(CCNC(=O)c2ccc(C)cc2)S(C)(=O)=O)cc1. The zero-order valence-electron chi connectivity index (χ0n) is 15.5. The van der Waals surface area contributed by atoms with Crippen molar-refractivity contribution in [3.05, 3.63) is 59.7 Å². The van der Waals surface area contributed by atoms with Crippen LogP contribution >= 0.6 is 0 Å². The molecule has 144 valence electrons. The number of carbonyl (C=O) groups excluding carboxylic acids is 2. The molecule has 0 radical (unpaired) electrons. The first-order valence-corrected chi connectivity index (χ1v) is 10.2. The largest absolute Gasteiger partial charge is 0.350 e. The van der Waals surface area contributed by atoms with Gasteiger partial charge in [-0.25, -0.2) is 8.42 Å². The highest BCUT2D eigenvalue weighted by molar-refractivity contribution is 7.92. The van der Waals surface area contributed by atoms with E-state index in [2.05, 4.69) is 10.6 Å². The fourth-order valence-corrected chi connectivity index (χ4v) is 3.41. The Hall–Kier alpha value is -2.87. The van der Waals surface area contributed by atoms with Crippen molar-refractivity contribution in [1.29, 1.82) is 0 Å². The fourth-order valence-electron chi connectivity index (χ4n) is 2.48. The molecule has 27 heavy (non-hydrogen) atoms. The monoisotopic (exact) mass is 389 g/mol. The Balaban J connectivity index is 2.04. The maximum absolute atomic E-state index is 12.2. The Morgan fingerprint density at radius 1 is 1.00 bits per heavy atom. The van der Waals surface area contributed by atoms with Crippen LogP contribution in [0.4, 0.5) is 11.4 Å².